The molecule has 0 unspecified atom stereocenters. The van der Waals surface area contributed by atoms with Gasteiger partial charge >= 0.3 is 12.4 Å². The van der Waals surface area contributed by atoms with Crippen LogP contribution < -0.4 is 9.64 Å². The first-order valence-electron chi connectivity index (χ1n) is 6.43. The van der Waals surface area contributed by atoms with Gasteiger partial charge in [-0.2, -0.15) is 4.98 Å². The zero-order chi connectivity index (χ0) is 15.7. The second-order valence-electron chi connectivity index (χ2n) is 4.62. The molecular weight excluding hydrogens is 303 g/mol. The fraction of sp³-hybridized carbons (Fsp3) is 0.308. The van der Waals surface area contributed by atoms with Gasteiger partial charge < -0.3 is 9.26 Å². The van der Waals surface area contributed by atoms with Crippen molar-refractivity contribution < 1.29 is 27.2 Å². The van der Waals surface area contributed by atoms with Gasteiger partial charge in [-0.1, -0.05) is 5.16 Å². The number of carbonyl (C=O) groups is 1. The molecule has 0 saturated carbocycles. The number of benzene rings is 1. The molecule has 2 heterocycles. The Kier molecular flexibility index (Phi) is 3.47. The van der Waals surface area contributed by atoms with E-state index in [1.165, 1.54) is 17.0 Å². The highest BCUT2D eigenvalue weighted by molar-refractivity contribution is 5.93. The molecule has 1 fully saturated rings. The molecule has 0 radical (unpaired) electrons. The van der Waals surface area contributed by atoms with Crippen LogP contribution in [0.15, 0.2) is 28.8 Å². The number of hydrogen-bond acceptors (Lipinski definition) is 5. The van der Waals surface area contributed by atoms with Crippen LogP contribution in [-0.2, 0) is 4.79 Å². The lowest BCUT2D eigenvalue weighted by Crippen LogP contribution is -2.23. The van der Waals surface area contributed by atoms with Crippen molar-refractivity contribution in [3.05, 3.63) is 24.3 Å². The van der Waals surface area contributed by atoms with Crippen molar-refractivity contribution in [2.45, 2.75) is 19.2 Å². The standard InChI is InChI=1S/C13H10F3N3O3/c14-13(15,16)21-9-5-3-8(4-6-9)11-17-12(22-18-11)19-7-1-2-10(19)20/h3-6H,1-2,7H2. The minimum absolute atomic E-state index is 0.0909. The Morgan fingerprint density at radius 1 is 1.23 bits per heavy atom. The molecule has 1 saturated heterocycles. The van der Waals surface area contributed by atoms with Crippen molar-refractivity contribution in [1.82, 2.24) is 10.1 Å². The van der Waals surface area contributed by atoms with Gasteiger partial charge in [0.25, 0.3) is 0 Å². The van der Waals surface area contributed by atoms with Crippen LogP contribution in [0.1, 0.15) is 12.8 Å². The predicted octanol–water partition coefficient (Wildman–Crippen LogP) is 2.76. The molecular formula is C13H10F3N3O3. The Hall–Kier alpha value is -2.58. The van der Waals surface area contributed by atoms with E-state index in [-0.39, 0.29) is 23.5 Å². The maximum atomic E-state index is 12.1. The van der Waals surface area contributed by atoms with Crippen LogP contribution in [0, 0.1) is 0 Å². The normalized spacial score (nSPS) is 15.4. The molecule has 2 aromatic rings. The SMILES string of the molecule is O=C1CCCN1c1nc(-c2ccc(OC(F)(F)F)cc2)no1. The highest BCUT2D eigenvalue weighted by Gasteiger charge is 2.31. The number of anilines is 1. The van der Waals surface area contributed by atoms with E-state index < -0.39 is 6.36 Å². The fourth-order valence-corrected chi connectivity index (χ4v) is 2.10. The Labute approximate surface area is 122 Å². The van der Waals surface area contributed by atoms with E-state index in [9.17, 15) is 18.0 Å². The van der Waals surface area contributed by atoms with Crippen LogP contribution in [-0.4, -0.2) is 29.0 Å². The molecule has 0 bridgehead atoms. The number of amides is 1. The summed E-state index contributed by atoms with van der Waals surface area (Å²) in [7, 11) is 0. The Morgan fingerprint density at radius 2 is 1.95 bits per heavy atom. The first-order valence-corrected chi connectivity index (χ1v) is 6.43. The van der Waals surface area contributed by atoms with Gasteiger partial charge in [0.15, 0.2) is 0 Å². The van der Waals surface area contributed by atoms with Gasteiger partial charge in [-0.15, -0.1) is 13.2 Å². The second-order valence-corrected chi connectivity index (χ2v) is 4.62. The van der Waals surface area contributed by atoms with Gasteiger partial charge in [0.05, 0.1) is 0 Å². The number of nitrogens with zero attached hydrogens (tertiary/aromatic N) is 3. The third kappa shape index (κ3) is 3.02. The Morgan fingerprint density at radius 3 is 2.55 bits per heavy atom. The van der Waals surface area contributed by atoms with E-state index in [1.807, 2.05) is 0 Å². The lowest BCUT2D eigenvalue weighted by Gasteiger charge is -2.08. The summed E-state index contributed by atoms with van der Waals surface area (Å²) in [5.74, 6) is -0.243. The maximum absolute atomic E-state index is 12.1. The van der Waals surface area contributed by atoms with Crippen molar-refractivity contribution in [3.8, 4) is 17.1 Å². The third-order valence-electron chi connectivity index (χ3n) is 3.07. The highest BCUT2D eigenvalue weighted by atomic mass is 19.4. The molecule has 0 N–H and O–H groups in total. The molecule has 3 rings (SSSR count). The summed E-state index contributed by atoms with van der Waals surface area (Å²) in [5.41, 5.74) is 0.455. The van der Waals surface area contributed by atoms with Gasteiger partial charge in [-0.05, 0) is 30.7 Å². The predicted molar refractivity (Wildman–Crippen MR) is 68.0 cm³/mol. The monoisotopic (exact) mass is 313 g/mol. The van der Waals surface area contributed by atoms with E-state index in [0.29, 0.717) is 18.5 Å². The molecule has 1 amide bonds. The molecule has 0 aliphatic carbocycles. The van der Waals surface area contributed by atoms with Gasteiger partial charge in [-0.25, -0.2) is 0 Å². The zero-order valence-corrected chi connectivity index (χ0v) is 11.1. The van der Waals surface area contributed by atoms with Crippen LogP contribution in [0.25, 0.3) is 11.4 Å². The van der Waals surface area contributed by atoms with E-state index >= 15 is 0 Å². The fourth-order valence-electron chi connectivity index (χ4n) is 2.10. The average Bonchev–Trinajstić information content (AvgIpc) is 3.06. The molecule has 6 nitrogen and oxygen atoms in total. The van der Waals surface area contributed by atoms with Gasteiger partial charge in [-0.3, -0.25) is 9.69 Å². The Bertz CT molecular complexity index is 682. The molecule has 1 aliphatic heterocycles. The number of alkyl halides is 3. The average molecular weight is 313 g/mol. The highest BCUT2D eigenvalue weighted by Crippen LogP contribution is 2.27. The van der Waals surface area contributed by atoms with Crippen molar-refractivity contribution in [2.24, 2.45) is 0 Å². The first kappa shape index (κ1) is 14.4. The van der Waals surface area contributed by atoms with Crippen molar-refractivity contribution >= 4 is 11.9 Å². The summed E-state index contributed by atoms with van der Waals surface area (Å²) in [6, 6.07) is 5.15. The van der Waals surface area contributed by atoms with Crippen LogP contribution in [0.4, 0.5) is 19.2 Å². The summed E-state index contributed by atoms with van der Waals surface area (Å²) in [6.45, 7) is 0.513. The summed E-state index contributed by atoms with van der Waals surface area (Å²) in [4.78, 5) is 17.0. The summed E-state index contributed by atoms with van der Waals surface area (Å²) in [6.07, 6.45) is -3.59. The van der Waals surface area contributed by atoms with Crippen LogP contribution in [0.2, 0.25) is 0 Å². The second kappa shape index (κ2) is 5.32. The number of rotatable bonds is 3. The first-order chi connectivity index (χ1) is 10.4. The van der Waals surface area contributed by atoms with Gasteiger partial charge in [0.2, 0.25) is 11.7 Å². The molecule has 9 heteroatoms. The summed E-state index contributed by atoms with van der Waals surface area (Å²) < 4.78 is 45.0. The summed E-state index contributed by atoms with van der Waals surface area (Å²) in [5, 5.41) is 3.73. The number of carbonyl (C=O) groups excluding carboxylic acids is 1. The molecule has 1 aromatic heterocycles. The minimum Gasteiger partial charge on any atom is -0.406 e. The van der Waals surface area contributed by atoms with E-state index in [4.69, 9.17) is 4.52 Å². The quantitative estimate of drug-likeness (QED) is 0.871. The number of hydrogen-bond donors (Lipinski definition) is 0. The molecule has 1 aliphatic rings. The van der Waals surface area contributed by atoms with Crippen molar-refractivity contribution in [2.75, 3.05) is 11.4 Å². The lowest BCUT2D eigenvalue weighted by molar-refractivity contribution is -0.274. The molecule has 0 atom stereocenters. The van der Waals surface area contributed by atoms with Crippen LogP contribution in [0.3, 0.4) is 0 Å². The van der Waals surface area contributed by atoms with Crippen molar-refractivity contribution in [1.29, 1.82) is 0 Å². The number of halogens is 3. The van der Waals surface area contributed by atoms with Crippen LogP contribution >= 0.6 is 0 Å². The number of aromatic nitrogens is 2. The minimum atomic E-state index is -4.74. The molecule has 22 heavy (non-hydrogen) atoms. The van der Waals surface area contributed by atoms with Gasteiger partial charge in [0, 0.05) is 18.5 Å². The van der Waals surface area contributed by atoms with E-state index in [1.54, 1.807) is 0 Å². The van der Waals surface area contributed by atoms with Gasteiger partial charge in [0.1, 0.15) is 5.75 Å². The summed E-state index contributed by atoms with van der Waals surface area (Å²) >= 11 is 0. The largest absolute Gasteiger partial charge is 0.573 e. The van der Waals surface area contributed by atoms with Crippen molar-refractivity contribution in [3.63, 3.8) is 0 Å². The molecule has 1 aromatic carbocycles. The molecule has 116 valence electrons. The van der Waals surface area contributed by atoms with Crippen LogP contribution in [0.5, 0.6) is 5.75 Å². The lowest BCUT2D eigenvalue weighted by atomic mass is 10.2. The number of ether oxygens (including phenoxy) is 1. The molecule has 0 spiro atoms. The van der Waals surface area contributed by atoms with E-state index in [0.717, 1.165) is 18.6 Å². The zero-order valence-electron chi connectivity index (χ0n) is 11.1. The maximum Gasteiger partial charge on any atom is 0.573 e. The van der Waals surface area contributed by atoms with E-state index in [2.05, 4.69) is 14.9 Å². The smallest absolute Gasteiger partial charge is 0.406 e. The third-order valence-corrected chi connectivity index (χ3v) is 3.07. The topological polar surface area (TPSA) is 68.5 Å². The Balaban J connectivity index is 1.77.